The van der Waals surface area contributed by atoms with E-state index in [1.165, 1.54) is 18.2 Å². The molecule has 11 heteroatoms. The zero-order valence-electron chi connectivity index (χ0n) is 18.9. The van der Waals surface area contributed by atoms with E-state index in [2.05, 4.69) is 0 Å². The average Bonchev–Trinajstić information content (AvgIpc) is 2.85. The topological polar surface area (TPSA) is 180 Å². The Kier molecular flexibility index (Phi) is 9.90. The molecule has 196 valence electrons. The molecule has 35 heavy (non-hydrogen) atoms. The molecule has 0 aliphatic carbocycles. The van der Waals surface area contributed by atoms with Crippen molar-refractivity contribution in [2.24, 2.45) is 0 Å². The summed E-state index contributed by atoms with van der Waals surface area (Å²) in [5.41, 5.74) is 0.791. The Morgan fingerprint density at radius 1 is 0.657 bits per heavy atom. The van der Waals surface area contributed by atoms with Gasteiger partial charge in [0.25, 0.3) is 0 Å². The van der Waals surface area contributed by atoms with Crippen LogP contribution in [0.3, 0.4) is 0 Å². The molecule has 0 aromatic heterocycles. The summed E-state index contributed by atoms with van der Waals surface area (Å²) >= 11 is 0. The van der Waals surface area contributed by atoms with Crippen molar-refractivity contribution in [3.63, 3.8) is 0 Å². The van der Waals surface area contributed by atoms with Gasteiger partial charge in [0.1, 0.15) is 54.6 Å². The molecular formula is C24H33FO10. The van der Waals surface area contributed by atoms with Gasteiger partial charge in [0.2, 0.25) is 0 Å². The summed E-state index contributed by atoms with van der Waals surface area (Å²) in [7, 11) is 0. The van der Waals surface area contributed by atoms with Gasteiger partial charge in [-0.05, 0) is 24.5 Å². The summed E-state index contributed by atoms with van der Waals surface area (Å²) in [6.45, 7) is -1.03. The number of ether oxygens (including phenoxy) is 2. The summed E-state index contributed by atoms with van der Waals surface area (Å²) < 4.78 is 25.4. The van der Waals surface area contributed by atoms with Crippen LogP contribution in [0.2, 0.25) is 0 Å². The summed E-state index contributed by atoms with van der Waals surface area (Å²) in [6, 6.07) is 4.48. The number of benzene rings is 1. The van der Waals surface area contributed by atoms with Crippen molar-refractivity contribution in [3.05, 3.63) is 47.3 Å². The minimum absolute atomic E-state index is 0.113. The van der Waals surface area contributed by atoms with Crippen molar-refractivity contribution in [1.29, 1.82) is 0 Å². The Hall–Kier alpha value is -1.77. The smallest absolute Gasteiger partial charge is 0.131 e. The first-order chi connectivity index (χ1) is 16.7. The van der Waals surface area contributed by atoms with Crippen molar-refractivity contribution in [2.75, 3.05) is 13.2 Å². The maximum absolute atomic E-state index is 14.5. The molecule has 2 fully saturated rings. The van der Waals surface area contributed by atoms with Gasteiger partial charge in [-0.2, -0.15) is 0 Å². The normalized spacial score (nSPS) is 38.4. The summed E-state index contributed by atoms with van der Waals surface area (Å²) in [5, 5.41) is 77.9. The van der Waals surface area contributed by atoms with Crippen molar-refractivity contribution < 1.29 is 54.7 Å². The molecule has 0 amide bonds. The summed E-state index contributed by atoms with van der Waals surface area (Å²) in [4.78, 5) is 0. The van der Waals surface area contributed by atoms with Gasteiger partial charge in [0, 0.05) is 5.56 Å². The van der Waals surface area contributed by atoms with Gasteiger partial charge in [0.15, 0.2) is 0 Å². The fourth-order valence-corrected chi connectivity index (χ4v) is 4.20. The summed E-state index contributed by atoms with van der Waals surface area (Å²) in [6.07, 6.45) is -5.67. The van der Waals surface area contributed by atoms with Crippen molar-refractivity contribution >= 4 is 12.2 Å². The van der Waals surface area contributed by atoms with E-state index in [4.69, 9.17) is 9.47 Å². The molecule has 2 aliphatic heterocycles. The lowest BCUT2D eigenvalue weighted by Crippen LogP contribution is -2.58. The molecule has 10 atom stereocenters. The number of aliphatic hydroxyl groups excluding tert-OH is 8. The minimum Gasteiger partial charge on any atom is -0.394 e. The standard InChI is InChI=1S/C24H33FO10/c25-14-9-12(3-1-5-15-19(28)23(32)21(30)17(10-26)34-15)7-8-13(14)4-2-6-16-20(29)24(33)22(31)18(11-27)35-16/h1-4,7-9,15-24,26-33H,5-6,10-11H2/b3-1+,4-2+/t15-,16-,17-,18-,19+,20-,21-,22-,23-,24-/m1/s1. The van der Waals surface area contributed by atoms with E-state index in [-0.39, 0.29) is 18.4 Å². The maximum atomic E-state index is 14.5. The van der Waals surface area contributed by atoms with E-state index in [9.17, 15) is 45.2 Å². The maximum Gasteiger partial charge on any atom is 0.131 e. The van der Waals surface area contributed by atoms with E-state index in [1.54, 1.807) is 24.3 Å². The van der Waals surface area contributed by atoms with Gasteiger partial charge < -0.3 is 50.3 Å². The number of aliphatic hydroxyl groups is 8. The first kappa shape index (κ1) is 27.8. The highest BCUT2D eigenvalue weighted by atomic mass is 19.1. The monoisotopic (exact) mass is 500 g/mol. The summed E-state index contributed by atoms with van der Waals surface area (Å²) in [5.74, 6) is -0.523. The molecule has 0 spiro atoms. The number of rotatable bonds is 8. The van der Waals surface area contributed by atoms with Crippen LogP contribution in [0.5, 0.6) is 0 Å². The third-order valence-corrected chi connectivity index (χ3v) is 6.35. The molecule has 1 aromatic rings. The second kappa shape index (κ2) is 12.5. The largest absolute Gasteiger partial charge is 0.394 e. The SMILES string of the molecule is OC[C@H]1O[C@H](C/C=C/c2ccc(/C=C/C[C@H]3O[C@H](CO)[C@@H](O)[C@H](O)[C@H]3O)cc2F)[C@@H](O)[C@@H](O)[C@@H]1O. The van der Waals surface area contributed by atoms with E-state index in [0.29, 0.717) is 5.56 Å². The van der Waals surface area contributed by atoms with E-state index in [1.807, 2.05) is 0 Å². The third-order valence-electron chi connectivity index (χ3n) is 6.35. The molecule has 0 radical (unpaired) electrons. The number of hydrogen-bond acceptors (Lipinski definition) is 10. The van der Waals surface area contributed by atoms with E-state index >= 15 is 0 Å². The van der Waals surface area contributed by atoms with Gasteiger partial charge in [-0.1, -0.05) is 36.4 Å². The quantitative estimate of drug-likeness (QED) is 0.205. The highest BCUT2D eigenvalue weighted by molar-refractivity contribution is 5.56. The molecule has 2 aliphatic rings. The van der Waals surface area contributed by atoms with Crippen LogP contribution in [0.1, 0.15) is 24.0 Å². The van der Waals surface area contributed by atoms with Crippen molar-refractivity contribution in [3.8, 4) is 0 Å². The molecule has 0 saturated carbocycles. The molecule has 8 N–H and O–H groups in total. The van der Waals surface area contributed by atoms with Gasteiger partial charge in [-0.3, -0.25) is 0 Å². The van der Waals surface area contributed by atoms with Crippen LogP contribution in [-0.2, 0) is 9.47 Å². The molecular weight excluding hydrogens is 467 g/mol. The second-order valence-electron chi connectivity index (χ2n) is 8.79. The minimum atomic E-state index is -1.47. The first-order valence-electron chi connectivity index (χ1n) is 11.4. The second-order valence-corrected chi connectivity index (χ2v) is 8.79. The zero-order chi connectivity index (χ0) is 25.7. The Labute approximate surface area is 201 Å². The molecule has 1 aromatic carbocycles. The lowest BCUT2D eigenvalue weighted by Gasteiger charge is -2.39. The zero-order valence-corrected chi connectivity index (χ0v) is 18.9. The van der Waals surface area contributed by atoms with Gasteiger partial charge in [-0.25, -0.2) is 4.39 Å². The molecule has 3 rings (SSSR count). The van der Waals surface area contributed by atoms with Gasteiger partial charge in [0.05, 0.1) is 25.4 Å². The molecule has 2 saturated heterocycles. The lowest BCUT2D eigenvalue weighted by molar-refractivity contribution is -0.227. The fourth-order valence-electron chi connectivity index (χ4n) is 4.20. The highest BCUT2D eigenvalue weighted by Gasteiger charge is 2.43. The predicted molar refractivity (Wildman–Crippen MR) is 121 cm³/mol. The fraction of sp³-hybridized carbons (Fsp3) is 0.583. The Balaban J connectivity index is 1.57. The van der Waals surface area contributed by atoms with Crippen LogP contribution in [0.4, 0.5) is 4.39 Å². The molecule has 0 bridgehead atoms. The van der Waals surface area contributed by atoms with Crippen LogP contribution in [0, 0.1) is 5.82 Å². The first-order valence-corrected chi connectivity index (χ1v) is 11.4. The van der Waals surface area contributed by atoms with Crippen LogP contribution >= 0.6 is 0 Å². The molecule has 10 nitrogen and oxygen atoms in total. The van der Waals surface area contributed by atoms with Crippen LogP contribution in [0.25, 0.3) is 12.2 Å². The lowest BCUT2D eigenvalue weighted by atomic mass is 9.93. The molecule has 0 unspecified atom stereocenters. The Morgan fingerprint density at radius 2 is 1.11 bits per heavy atom. The number of halogens is 1. The Bertz CT molecular complexity index is 876. The van der Waals surface area contributed by atoms with Crippen LogP contribution in [-0.4, -0.2) is 115 Å². The number of hydrogen-bond donors (Lipinski definition) is 8. The third kappa shape index (κ3) is 6.52. The van der Waals surface area contributed by atoms with Gasteiger partial charge >= 0.3 is 0 Å². The molecule has 2 heterocycles. The Morgan fingerprint density at radius 3 is 1.57 bits per heavy atom. The van der Waals surface area contributed by atoms with Crippen molar-refractivity contribution in [2.45, 2.75) is 73.9 Å². The van der Waals surface area contributed by atoms with E-state index in [0.717, 1.165) is 0 Å². The highest BCUT2D eigenvalue weighted by Crippen LogP contribution is 2.25. The van der Waals surface area contributed by atoms with Crippen LogP contribution < -0.4 is 0 Å². The van der Waals surface area contributed by atoms with Crippen LogP contribution in [0.15, 0.2) is 30.4 Å². The van der Waals surface area contributed by atoms with Crippen molar-refractivity contribution in [1.82, 2.24) is 0 Å². The van der Waals surface area contributed by atoms with E-state index < -0.39 is 80.1 Å². The predicted octanol–water partition coefficient (Wildman–Crippen LogP) is -1.68. The average molecular weight is 501 g/mol. The van der Waals surface area contributed by atoms with Gasteiger partial charge in [-0.15, -0.1) is 0 Å².